The third-order valence-electron chi connectivity index (χ3n) is 6.88. The van der Waals surface area contributed by atoms with Crippen molar-refractivity contribution in [2.45, 2.75) is 70.3 Å². The first-order valence-corrected chi connectivity index (χ1v) is 12.3. The molecule has 174 valence electrons. The zero-order valence-corrected chi connectivity index (χ0v) is 20.9. The lowest BCUT2D eigenvalue weighted by Crippen LogP contribution is -2.33. The van der Waals surface area contributed by atoms with Crippen LogP contribution < -0.4 is 4.74 Å². The van der Waals surface area contributed by atoms with Gasteiger partial charge in [-0.05, 0) is 58.1 Å². The molecule has 0 unspecified atom stereocenters. The molecule has 0 N–H and O–H groups in total. The normalized spacial score (nSPS) is 17.1. The maximum atomic E-state index is 11.9. The Bertz CT molecular complexity index is 1100. The number of fused-ring (bicyclic) bond motifs is 1. The number of ether oxygens (including phenoxy) is 2. The van der Waals surface area contributed by atoms with Gasteiger partial charge in [-0.1, -0.05) is 58.0 Å². The quantitative estimate of drug-likeness (QED) is 0.392. The van der Waals surface area contributed by atoms with Crippen LogP contribution in [0.25, 0.3) is 0 Å². The van der Waals surface area contributed by atoms with E-state index >= 15 is 0 Å². The summed E-state index contributed by atoms with van der Waals surface area (Å²) in [6, 6.07) is 14.7. The van der Waals surface area contributed by atoms with Crippen LogP contribution in [0.2, 0.25) is 0 Å². The van der Waals surface area contributed by atoms with Crippen LogP contribution in [0.4, 0.5) is 0 Å². The lowest BCUT2D eigenvalue weighted by Gasteiger charge is -2.42. The first-order chi connectivity index (χ1) is 15.7. The number of carbonyl (C=O) groups excluding carboxylic acids is 1. The zero-order valence-electron chi connectivity index (χ0n) is 20.1. The Labute approximate surface area is 200 Å². The molecule has 0 amide bonds. The average Bonchev–Trinajstić information content (AvgIpc) is 3.34. The van der Waals surface area contributed by atoms with Gasteiger partial charge < -0.3 is 9.47 Å². The van der Waals surface area contributed by atoms with Crippen molar-refractivity contribution in [2.75, 3.05) is 7.11 Å². The van der Waals surface area contributed by atoms with Crippen LogP contribution in [0.15, 0.2) is 48.0 Å². The predicted octanol–water partition coefficient (Wildman–Crippen LogP) is 6.16. The maximum absolute atomic E-state index is 11.9. The van der Waals surface area contributed by atoms with Gasteiger partial charge in [0.05, 0.1) is 13.5 Å². The lowest BCUT2D eigenvalue weighted by atomic mass is 9.63. The SMILES string of the molecule is COC(=O)C[C@@H](c1ccc(OCc2ccc3c(c2)C(C)(C)CCC3(C)C)cc1)c1nncs1. The number of methoxy groups -OCH3 is 1. The fraction of sp³-hybridized carbons (Fsp3) is 0.444. The minimum absolute atomic E-state index is 0.176. The summed E-state index contributed by atoms with van der Waals surface area (Å²) < 4.78 is 11.0. The summed E-state index contributed by atoms with van der Waals surface area (Å²) >= 11 is 1.44. The van der Waals surface area contributed by atoms with E-state index in [4.69, 9.17) is 9.47 Å². The van der Waals surface area contributed by atoms with E-state index in [1.54, 1.807) is 5.51 Å². The molecule has 1 aliphatic carbocycles. The molecular formula is C27H32N2O3S. The number of rotatable bonds is 7. The second-order valence-electron chi connectivity index (χ2n) is 10.1. The summed E-state index contributed by atoms with van der Waals surface area (Å²) in [6.45, 7) is 9.88. The third-order valence-corrected chi connectivity index (χ3v) is 7.69. The second kappa shape index (κ2) is 9.26. The van der Waals surface area contributed by atoms with Gasteiger partial charge in [0, 0.05) is 5.92 Å². The number of carbonyl (C=O) groups is 1. The van der Waals surface area contributed by atoms with Crippen molar-refractivity contribution in [3.63, 3.8) is 0 Å². The Morgan fingerprint density at radius 2 is 1.73 bits per heavy atom. The molecule has 0 radical (unpaired) electrons. The Morgan fingerprint density at radius 3 is 2.36 bits per heavy atom. The zero-order chi connectivity index (χ0) is 23.6. The molecule has 0 saturated carbocycles. The van der Waals surface area contributed by atoms with Crippen molar-refractivity contribution in [3.8, 4) is 5.75 Å². The molecule has 0 saturated heterocycles. The highest BCUT2D eigenvalue weighted by molar-refractivity contribution is 7.09. The number of nitrogens with zero attached hydrogens (tertiary/aromatic N) is 2. The first kappa shape index (κ1) is 23.4. The molecule has 2 aromatic carbocycles. The van der Waals surface area contributed by atoms with Gasteiger partial charge in [-0.3, -0.25) is 4.79 Å². The van der Waals surface area contributed by atoms with Crippen LogP contribution in [0.1, 0.15) is 80.1 Å². The van der Waals surface area contributed by atoms with Crippen molar-refractivity contribution in [1.29, 1.82) is 0 Å². The van der Waals surface area contributed by atoms with E-state index in [1.807, 2.05) is 24.3 Å². The fourth-order valence-electron chi connectivity index (χ4n) is 4.62. The van der Waals surface area contributed by atoms with Crippen LogP contribution in [0.5, 0.6) is 5.75 Å². The largest absolute Gasteiger partial charge is 0.489 e. The molecule has 4 rings (SSSR count). The summed E-state index contributed by atoms with van der Waals surface area (Å²) in [5, 5.41) is 8.89. The number of hydrogen-bond acceptors (Lipinski definition) is 6. The standard InChI is InChI=1S/C27H32N2O3S/c1-26(2)12-13-27(3,4)23-14-18(6-11-22(23)26)16-32-20-9-7-19(8-10-20)21(15-24(30)31-5)25-29-28-17-33-25/h6-11,14,17,21H,12-13,15-16H2,1-5H3/t21-/m0/s1. The van der Waals surface area contributed by atoms with Gasteiger partial charge in [0.2, 0.25) is 0 Å². The number of benzene rings is 2. The van der Waals surface area contributed by atoms with Crippen molar-refractivity contribution in [1.82, 2.24) is 10.2 Å². The van der Waals surface area contributed by atoms with E-state index in [0.717, 1.165) is 16.3 Å². The predicted molar refractivity (Wildman–Crippen MR) is 131 cm³/mol. The van der Waals surface area contributed by atoms with E-state index in [0.29, 0.717) is 6.61 Å². The van der Waals surface area contributed by atoms with Gasteiger partial charge in [0.1, 0.15) is 22.9 Å². The summed E-state index contributed by atoms with van der Waals surface area (Å²) in [5.41, 5.74) is 7.15. The van der Waals surface area contributed by atoms with E-state index in [2.05, 4.69) is 56.1 Å². The van der Waals surface area contributed by atoms with Crippen LogP contribution >= 0.6 is 11.3 Å². The van der Waals surface area contributed by atoms with Gasteiger partial charge in [-0.2, -0.15) is 0 Å². The van der Waals surface area contributed by atoms with Gasteiger partial charge in [0.25, 0.3) is 0 Å². The summed E-state index contributed by atoms with van der Waals surface area (Å²) in [6.07, 6.45) is 2.64. The Kier molecular flexibility index (Phi) is 6.57. The molecule has 1 heterocycles. The highest BCUT2D eigenvalue weighted by Gasteiger charge is 2.36. The first-order valence-electron chi connectivity index (χ1n) is 11.4. The van der Waals surface area contributed by atoms with Crippen molar-refractivity contribution >= 4 is 17.3 Å². The minimum atomic E-state index is -0.269. The van der Waals surface area contributed by atoms with E-state index in [9.17, 15) is 4.79 Å². The van der Waals surface area contributed by atoms with Crippen molar-refractivity contribution in [3.05, 3.63) is 75.2 Å². The summed E-state index contributed by atoms with van der Waals surface area (Å²) in [5.74, 6) is 0.351. The summed E-state index contributed by atoms with van der Waals surface area (Å²) in [7, 11) is 1.40. The van der Waals surface area contributed by atoms with E-state index < -0.39 is 0 Å². The number of aromatic nitrogens is 2. The highest BCUT2D eigenvalue weighted by atomic mass is 32.1. The van der Waals surface area contributed by atoms with E-state index in [-0.39, 0.29) is 29.1 Å². The van der Waals surface area contributed by atoms with Crippen LogP contribution in [0.3, 0.4) is 0 Å². The van der Waals surface area contributed by atoms with Crippen LogP contribution in [-0.2, 0) is 27.0 Å². The average molecular weight is 465 g/mol. The van der Waals surface area contributed by atoms with Gasteiger partial charge in [-0.15, -0.1) is 21.5 Å². The van der Waals surface area contributed by atoms with E-state index in [1.165, 1.54) is 48.0 Å². The molecule has 5 nitrogen and oxygen atoms in total. The minimum Gasteiger partial charge on any atom is -0.489 e. The summed E-state index contributed by atoms with van der Waals surface area (Å²) in [4.78, 5) is 11.9. The highest BCUT2D eigenvalue weighted by Crippen LogP contribution is 2.46. The third kappa shape index (κ3) is 5.11. The van der Waals surface area contributed by atoms with Gasteiger partial charge in [-0.25, -0.2) is 0 Å². The smallest absolute Gasteiger partial charge is 0.306 e. The molecule has 1 aromatic heterocycles. The monoisotopic (exact) mass is 464 g/mol. The van der Waals surface area contributed by atoms with Gasteiger partial charge in [0.15, 0.2) is 0 Å². The Balaban J connectivity index is 1.48. The van der Waals surface area contributed by atoms with Gasteiger partial charge >= 0.3 is 5.97 Å². The molecule has 6 heteroatoms. The molecule has 33 heavy (non-hydrogen) atoms. The molecule has 0 fully saturated rings. The van der Waals surface area contributed by atoms with Crippen molar-refractivity contribution in [2.24, 2.45) is 0 Å². The molecule has 3 aromatic rings. The second-order valence-corrected chi connectivity index (χ2v) is 11.0. The number of esters is 1. The molecular weight excluding hydrogens is 432 g/mol. The molecule has 1 atom stereocenters. The van der Waals surface area contributed by atoms with Crippen LogP contribution in [0, 0.1) is 0 Å². The molecule has 0 bridgehead atoms. The number of hydrogen-bond donors (Lipinski definition) is 0. The molecule has 0 spiro atoms. The molecule has 0 aliphatic heterocycles. The fourth-order valence-corrected chi connectivity index (χ4v) is 5.30. The molecule has 1 aliphatic rings. The maximum Gasteiger partial charge on any atom is 0.306 e. The van der Waals surface area contributed by atoms with Crippen LogP contribution in [-0.4, -0.2) is 23.3 Å². The Morgan fingerprint density at radius 1 is 1.03 bits per heavy atom. The topological polar surface area (TPSA) is 61.3 Å². The Hall–Kier alpha value is -2.73. The lowest BCUT2D eigenvalue weighted by molar-refractivity contribution is -0.140. The van der Waals surface area contributed by atoms with Crippen molar-refractivity contribution < 1.29 is 14.3 Å².